The molecule has 11 heteroatoms. The van der Waals surface area contributed by atoms with Crippen LogP contribution in [0.2, 0.25) is 10.0 Å². The molecule has 1 aromatic heterocycles. The summed E-state index contributed by atoms with van der Waals surface area (Å²) < 4.78 is 6.80. The van der Waals surface area contributed by atoms with E-state index in [0.29, 0.717) is 29.7 Å². The monoisotopic (exact) mass is 551 g/mol. The van der Waals surface area contributed by atoms with Gasteiger partial charge in [0.1, 0.15) is 0 Å². The number of nitrogens with zero attached hydrogens (tertiary/aromatic N) is 2. The standard InChI is InChI=1S/C24H23Cl2N3O4S2/c25-20-5-4-16(10-21(20)26)13-28-8-9-33-19(14-28)12-27-23(30)15-34-24-7-6-22(35-24)17-2-1-3-18(11-17)29(31)32/h1-7,10-11,19H,8-9,12-15H2,(H,27,30)/t19-/m0/s1. The van der Waals surface area contributed by atoms with Crippen LogP contribution in [0.3, 0.4) is 0 Å². The SMILES string of the molecule is O=C(CSc1ccc(-c2cccc([N+](=O)[O-])c2)s1)NC[C@H]1CN(Cc2ccc(Cl)c(Cl)c2)CCO1. The molecule has 2 heterocycles. The maximum absolute atomic E-state index is 12.4. The zero-order valence-corrected chi connectivity index (χ0v) is 21.8. The van der Waals surface area contributed by atoms with Crippen LogP contribution in [-0.4, -0.2) is 53.8 Å². The van der Waals surface area contributed by atoms with Gasteiger partial charge in [0, 0.05) is 43.2 Å². The van der Waals surface area contributed by atoms with Crippen LogP contribution in [0.25, 0.3) is 10.4 Å². The van der Waals surface area contributed by atoms with Crippen molar-refractivity contribution in [3.05, 3.63) is 80.3 Å². The van der Waals surface area contributed by atoms with Crippen molar-refractivity contribution in [2.45, 2.75) is 16.9 Å². The van der Waals surface area contributed by atoms with E-state index < -0.39 is 4.92 Å². The minimum Gasteiger partial charge on any atom is -0.374 e. The van der Waals surface area contributed by atoms with E-state index in [1.54, 1.807) is 18.2 Å². The Labute approximate surface area is 221 Å². The number of hydrogen-bond acceptors (Lipinski definition) is 7. The molecule has 3 aromatic rings. The molecular formula is C24H23Cl2N3O4S2. The fraction of sp³-hybridized carbons (Fsp3) is 0.292. The van der Waals surface area contributed by atoms with Crippen LogP contribution in [0.5, 0.6) is 0 Å². The maximum Gasteiger partial charge on any atom is 0.270 e. The van der Waals surface area contributed by atoms with Crippen molar-refractivity contribution >= 4 is 57.9 Å². The average Bonchev–Trinajstić information content (AvgIpc) is 3.33. The van der Waals surface area contributed by atoms with Crippen LogP contribution in [0.15, 0.2) is 58.8 Å². The number of nitrogens with one attached hydrogen (secondary N) is 1. The lowest BCUT2D eigenvalue weighted by Gasteiger charge is -2.33. The molecule has 2 aromatic carbocycles. The minimum absolute atomic E-state index is 0.0601. The summed E-state index contributed by atoms with van der Waals surface area (Å²) in [6, 6.07) is 16.0. The first-order chi connectivity index (χ1) is 16.9. The molecule has 1 aliphatic heterocycles. The van der Waals surface area contributed by atoms with Crippen LogP contribution in [0, 0.1) is 10.1 Å². The third-order valence-electron chi connectivity index (χ3n) is 5.41. The van der Waals surface area contributed by atoms with Gasteiger partial charge >= 0.3 is 0 Å². The molecule has 1 saturated heterocycles. The van der Waals surface area contributed by atoms with Gasteiger partial charge in [-0.1, -0.05) is 41.4 Å². The van der Waals surface area contributed by atoms with Gasteiger partial charge < -0.3 is 10.1 Å². The molecule has 4 rings (SSSR count). The van der Waals surface area contributed by atoms with Crippen molar-refractivity contribution in [3.8, 4) is 10.4 Å². The van der Waals surface area contributed by atoms with Gasteiger partial charge in [-0.2, -0.15) is 0 Å². The fourth-order valence-corrected chi connectivity index (χ4v) is 5.96. The number of morpholine rings is 1. The van der Waals surface area contributed by atoms with Gasteiger partial charge in [-0.3, -0.25) is 19.8 Å². The highest BCUT2D eigenvalue weighted by molar-refractivity contribution is 8.01. The molecule has 0 aliphatic carbocycles. The molecule has 1 amide bonds. The number of hydrogen-bond donors (Lipinski definition) is 1. The molecule has 0 bridgehead atoms. The summed E-state index contributed by atoms with van der Waals surface area (Å²) in [7, 11) is 0. The number of carbonyl (C=O) groups is 1. The number of benzene rings is 2. The molecule has 0 radical (unpaired) electrons. The summed E-state index contributed by atoms with van der Waals surface area (Å²) in [5.41, 5.74) is 1.94. The van der Waals surface area contributed by atoms with Crippen molar-refractivity contribution in [1.82, 2.24) is 10.2 Å². The van der Waals surface area contributed by atoms with Gasteiger partial charge in [0.25, 0.3) is 5.69 Å². The molecular weight excluding hydrogens is 529 g/mol. The first kappa shape index (κ1) is 25.9. The van der Waals surface area contributed by atoms with E-state index in [0.717, 1.165) is 33.3 Å². The first-order valence-corrected chi connectivity index (χ1v) is 13.5. The topological polar surface area (TPSA) is 84.7 Å². The molecule has 1 N–H and O–H groups in total. The maximum atomic E-state index is 12.4. The Balaban J connectivity index is 1.22. The van der Waals surface area contributed by atoms with Gasteiger partial charge in [-0.05, 0) is 35.4 Å². The number of rotatable bonds is 9. The Morgan fingerprint density at radius 1 is 1.20 bits per heavy atom. The summed E-state index contributed by atoms with van der Waals surface area (Å²) >= 11 is 15.1. The van der Waals surface area contributed by atoms with Crippen LogP contribution >= 0.6 is 46.3 Å². The summed E-state index contributed by atoms with van der Waals surface area (Å²) in [5.74, 6) is 0.222. The number of amides is 1. The predicted octanol–water partition coefficient (Wildman–Crippen LogP) is 5.74. The Kier molecular flexibility index (Phi) is 9.04. The number of ether oxygens (including phenoxy) is 1. The molecule has 1 fully saturated rings. The van der Waals surface area contributed by atoms with E-state index in [9.17, 15) is 14.9 Å². The first-order valence-electron chi connectivity index (χ1n) is 10.9. The van der Waals surface area contributed by atoms with Crippen molar-refractivity contribution in [2.24, 2.45) is 0 Å². The Morgan fingerprint density at radius 3 is 2.86 bits per heavy atom. The summed E-state index contributed by atoms with van der Waals surface area (Å²) in [6.45, 7) is 3.32. The van der Waals surface area contributed by atoms with E-state index in [4.69, 9.17) is 27.9 Å². The molecule has 0 saturated carbocycles. The second kappa shape index (κ2) is 12.2. The summed E-state index contributed by atoms with van der Waals surface area (Å²) in [4.78, 5) is 26.2. The highest BCUT2D eigenvalue weighted by Crippen LogP contribution is 2.35. The van der Waals surface area contributed by atoms with Crippen molar-refractivity contribution in [3.63, 3.8) is 0 Å². The average molecular weight is 553 g/mol. The number of nitro benzene ring substituents is 1. The van der Waals surface area contributed by atoms with Crippen molar-refractivity contribution < 1.29 is 14.5 Å². The lowest BCUT2D eigenvalue weighted by Crippen LogP contribution is -2.47. The zero-order chi connectivity index (χ0) is 24.8. The van der Waals surface area contributed by atoms with E-state index >= 15 is 0 Å². The van der Waals surface area contributed by atoms with E-state index in [1.807, 2.05) is 30.3 Å². The number of non-ortho nitro benzene ring substituents is 1. The normalized spacial score (nSPS) is 16.2. The fourth-order valence-electron chi connectivity index (χ4n) is 3.68. The van der Waals surface area contributed by atoms with Gasteiger partial charge in [-0.15, -0.1) is 23.1 Å². The number of nitro groups is 1. The molecule has 184 valence electrons. The third-order valence-corrected chi connectivity index (χ3v) is 8.51. The van der Waals surface area contributed by atoms with Crippen molar-refractivity contribution in [2.75, 3.05) is 32.0 Å². The van der Waals surface area contributed by atoms with E-state index in [2.05, 4.69) is 10.2 Å². The lowest BCUT2D eigenvalue weighted by atomic mass is 10.2. The van der Waals surface area contributed by atoms with E-state index in [1.165, 1.54) is 29.2 Å². The molecule has 7 nitrogen and oxygen atoms in total. The predicted molar refractivity (Wildman–Crippen MR) is 142 cm³/mol. The van der Waals surface area contributed by atoms with Gasteiger partial charge in [0.15, 0.2) is 0 Å². The van der Waals surface area contributed by atoms with Crippen LogP contribution < -0.4 is 5.32 Å². The van der Waals surface area contributed by atoms with Gasteiger partial charge in [0.2, 0.25) is 5.91 Å². The third kappa shape index (κ3) is 7.42. The minimum atomic E-state index is -0.403. The summed E-state index contributed by atoms with van der Waals surface area (Å²) in [5, 5.41) is 15.1. The number of halogens is 2. The number of thiophene rings is 1. The highest BCUT2D eigenvalue weighted by atomic mass is 35.5. The second-order valence-electron chi connectivity index (χ2n) is 8.00. The highest BCUT2D eigenvalue weighted by Gasteiger charge is 2.21. The van der Waals surface area contributed by atoms with Crippen LogP contribution in [-0.2, 0) is 16.1 Å². The molecule has 0 unspecified atom stereocenters. The largest absolute Gasteiger partial charge is 0.374 e. The van der Waals surface area contributed by atoms with Crippen LogP contribution in [0.1, 0.15) is 5.56 Å². The molecule has 35 heavy (non-hydrogen) atoms. The zero-order valence-electron chi connectivity index (χ0n) is 18.6. The Bertz CT molecular complexity index is 1210. The Hall–Kier alpha value is -2.14. The smallest absolute Gasteiger partial charge is 0.270 e. The quantitative estimate of drug-likeness (QED) is 0.207. The Morgan fingerprint density at radius 2 is 2.06 bits per heavy atom. The van der Waals surface area contributed by atoms with Gasteiger partial charge in [0.05, 0.1) is 37.6 Å². The van der Waals surface area contributed by atoms with Gasteiger partial charge in [-0.25, -0.2) is 0 Å². The molecule has 1 atom stereocenters. The van der Waals surface area contributed by atoms with Crippen molar-refractivity contribution in [1.29, 1.82) is 0 Å². The number of carbonyl (C=O) groups excluding carboxylic acids is 1. The molecule has 1 aliphatic rings. The summed E-state index contributed by atoms with van der Waals surface area (Å²) in [6.07, 6.45) is -0.0808. The lowest BCUT2D eigenvalue weighted by molar-refractivity contribution is -0.384. The number of thioether (sulfide) groups is 1. The second-order valence-corrected chi connectivity index (χ2v) is 11.2. The van der Waals surface area contributed by atoms with Crippen LogP contribution in [0.4, 0.5) is 5.69 Å². The molecule has 0 spiro atoms. The van der Waals surface area contributed by atoms with E-state index in [-0.39, 0.29) is 23.5 Å².